The van der Waals surface area contributed by atoms with E-state index in [1.165, 1.54) is 6.42 Å². The Kier molecular flexibility index (Phi) is 2.96. The largest absolute Gasteiger partial charge is 0.508 e. The number of nitrogens with one attached hydrogen (secondary N) is 1. The number of hydrogen-bond acceptors (Lipinski definition) is 3. The van der Waals surface area contributed by atoms with Crippen molar-refractivity contribution < 1.29 is 9.84 Å². The molecule has 0 saturated heterocycles. The molecule has 1 fully saturated rings. The maximum atomic E-state index is 9.60. The SMILES string of the molecule is CC1CC(C)(C)CC2(C1)NC=C(c1cccc(O)c1)O2. The van der Waals surface area contributed by atoms with Crippen LogP contribution in [-0.4, -0.2) is 10.8 Å². The van der Waals surface area contributed by atoms with Crippen LogP contribution >= 0.6 is 0 Å². The fraction of sp³-hybridized carbons (Fsp3) is 0.529. The number of phenols is 1. The molecular formula is C17H23NO2. The van der Waals surface area contributed by atoms with Crippen molar-refractivity contribution in [2.24, 2.45) is 11.3 Å². The van der Waals surface area contributed by atoms with Crippen LogP contribution in [0.2, 0.25) is 0 Å². The zero-order valence-electron chi connectivity index (χ0n) is 12.4. The number of ether oxygens (including phenoxy) is 1. The van der Waals surface area contributed by atoms with E-state index < -0.39 is 0 Å². The van der Waals surface area contributed by atoms with Gasteiger partial charge < -0.3 is 15.2 Å². The zero-order chi connectivity index (χ0) is 14.4. The monoisotopic (exact) mass is 273 g/mol. The van der Waals surface area contributed by atoms with Crippen LogP contribution in [0.25, 0.3) is 5.76 Å². The van der Waals surface area contributed by atoms with E-state index in [0.717, 1.165) is 24.2 Å². The van der Waals surface area contributed by atoms with Crippen LogP contribution in [0.1, 0.15) is 45.6 Å². The molecule has 1 aliphatic heterocycles. The number of phenolic OH excluding ortho intramolecular Hbond substituents is 1. The Balaban J connectivity index is 1.81. The van der Waals surface area contributed by atoms with Gasteiger partial charge in [-0.1, -0.05) is 32.9 Å². The number of rotatable bonds is 1. The van der Waals surface area contributed by atoms with Crippen molar-refractivity contribution in [1.29, 1.82) is 0 Å². The lowest BCUT2D eigenvalue weighted by atomic mass is 9.69. The number of hydrogen-bond donors (Lipinski definition) is 2. The van der Waals surface area contributed by atoms with Crippen molar-refractivity contribution in [1.82, 2.24) is 5.32 Å². The molecule has 2 atom stereocenters. The molecule has 1 heterocycles. The van der Waals surface area contributed by atoms with Crippen molar-refractivity contribution in [3.8, 4) is 5.75 Å². The highest BCUT2D eigenvalue weighted by molar-refractivity contribution is 5.62. The smallest absolute Gasteiger partial charge is 0.181 e. The number of benzene rings is 1. The number of aromatic hydroxyl groups is 1. The molecule has 1 aromatic rings. The summed E-state index contributed by atoms with van der Waals surface area (Å²) in [5, 5.41) is 13.1. The van der Waals surface area contributed by atoms with Gasteiger partial charge in [-0.15, -0.1) is 0 Å². The van der Waals surface area contributed by atoms with Gasteiger partial charge in [0.05, 0.1) is 0 Å². The van der Waals surface area contributed by atoms with Crippen molar-refractivity contribution in [3.05, 3.63) is 36.0 Å². The molecule has 2 unspecified atom stereocenters. The zero-order valence-corrected chi connectivity index (χ0v) is 12.4. The molecule has 3 nitrogen and oxygen atoms in total. The van der Waals surface area contributed by atoms with Crippen LogP contribution in [0.4, 0.5) is 0 Å². The van der Waals surface area contributed by atoms with Crippen molar-refractivity contribution in [2.75, 3.05) is 0 Å². The Morgan fingerprint density at radius 3 is 2.80 bits per heavy atom. The average molecular weight is 273 g/mol. The van der Waals surface area contributed by atoms with Gasteiger partial charge in [-0.2, -0.15) is 0 Å². The minimum atomic E-state index is -0.276. The summed E-state index contributed by atoms with van der Waals surface area (Å²) in [5.74, 6) is 1.74. The highest BCUT2D eigenvalue weighted by Crippen LogP contribution is 2.47. The van der Waals surface area contributed by atoms with Crippen LogP contribution in [0.5, 0.6) is 5.75 Å². The summed E-state index contributed by atoms with van der Waals surface area (Å²) in [6, 6.07) is 7.22. The van der Waals surface area contributed by atoms with Gasteiger partial charge in [0.2, 0.25) is 0 Å². The lowest BCUT2D eigenvalue weighted by Crippen LogP contribution is -2.49. The second-order valence-corrected chi connectivity index (χ2v) is 7.15. The van der Waals surface area contributed by atoms with Crippen molar-refractivity contribution in [3.63, 3.8) is 0 Å². The van der Waals surface area contributed by atoms with Gasteiger partial charge in [-0.3, -0.25) is 0 Å². The third-order valence-corrected chi connectivity index (χ3v) is 4.25. The molecule has 2 N–H and O–H groups in total. The fourth-order valence-corrected chi connectivity index (χ4v) is 3.95. The van der Waals surface area contributed by atoms with E-state index in [1.54, 1.807) is 12.1 Å². The van der Waals surface area contributed by atoms with E-state index in [-0.39, 0.29) is 16.9 Å². The lowest BCUT2D eigenvalue weighted by molar-refractivity contribution is -0.0583. The van der Waals surface area contributed by atoms with Gasteiger partial charge >= 0.3 is 0 Å². The van der Waals surface area contributed by atoms with E-state index in [9.17, 15) is 5.11 Å². The Morgan fingerprint density at radius 1 is 1.30 bits per heavy atom. The second kappa shape index (κ2) is 4.44. The first-order valence-electron chi connectivity index (χ1n) is 7.34. The molecule has 1 spiro atoms. The molecule has 0 radical (unpaired) electrons. The van der Waals surface area contributed by atoms with Gasteiger partial charge in [-0.05, 0) is 29.9 Å². The van der Waals surface area contributed by atoms with E-state index in [1.807, 2.05) is 18.3 Å². The Bertz CT molecular complexity index is 550. The lowest BCUT2D eigenvalue weighted by Gasteiger charge is -2.45. The van der Waals surface area contributed by atoms with E-state index >= 15 is 0 Å². The van der Waals surface area contributed by atoms with Gasteiger partial charge in [-0.25, -0.2) is 0 Å². The van der Waals surface area contributed by atoms with E-state index in [4.69, 9.17) is 4.74 Å². The third-order valence-electron chi connectivity index (χ3n) is 4.25. The fourth-order valence-electron chi connectivity index (χ4n) is 3.95. The quantitative estimate of drug-likeness (QED) is 0.816. The molecule has 0 bridgehead atoms. The molecule has 1 aliphatic carbocycles. The summed E-state index contributed by atoms with van der Waals surface area (Å²) >= 11 is 0. The van der Waals surface area contributed by atoms with Gasteiger partial charge in [0.15, 0.2) is 5.72 Å². The molecule has 1 aromatic carbocycles. The summed E-state index contributed by atoms with van der Waals surface area (Å²) in [6.07, 6.45) is 5.21. The molecule has 108 valence electrons. The molecule has 0 aromatic heterocycles. The van der Waals surface area contributed by atoms with E-state index in [2.05, 4.69) is 26.1 Å². The van der Waals surface area contributed by atoms with Gasteiger partial charge in [0.1, 0.15) is 11.5 Å². The summed E-state index contributed by atoms with van der Waals surface area (Å²) < 4.78 is 6.28. The van der Waals surface area contributed by atoms with E-state index in [0.29, 0.717) is 5.92 Å². The average Bonchev–Trinajstić information content (AvgIpc) is 2.69. The van der Waals surface area contributed by atoms with Crippen molar-refractivity contribution in [2.45, 2.75) is 45.8 Å². The van der Waals surface area contributed by atoms with Gasteiger partial charge in [0.25, 0.3) is 0 Å². The predicted octanol–water partition coefficient (Wildman–Crippen LogP) is 3.85. The molecule has 2 aliphatic rings. The summed E-state index contributed by atoms with van der Waals surface area (Å²) in [5.41, 5.74) is 0.930. The molecule has 20 heavy (non-hydrogen) atoms. The maximum Gasteiger partial charge on any atom is 0.181 e. The molecule has 3 rings (SSSR count). The summed E-state index contributed by atoms with van der Waals surface area (Å²) in [4.78, 5) is 0. The Morgan fingerprint density at radius 2 is 2.10 bits per heavy atom. The molecule has 0 amide bonds. The molecule has 3 heteroatoms. The first-order chi connectivity index (χ1) is 9.38. The predicted molar refractivity (Wildman–Crippen MR) is 79.8 cm³/mol. The van der Waals surface area contributed by atoms with Crippen LogP contribution in [0, 0.1) is 11.3 Å². The summed E-state index contributed by atoms with van der Waals surface area (Å²) in [6.45, 7) is 6.91. The highest BCUT2D eigenvalue weighted by atomic mass is 16.5. The first kappa shape index (κ1) is 13.3. The van der Waals surface area contributed by atoms with Crippen LogP contribution in [-0.2, 0) is 4.74 Å². The molecule has 1 saturated carbocycles. The highest BCUT2D eigenvalue weighted by Gasteiger charge is 2.46. The second-order valence-electron chi connectivity index (χ2n) is 7.15. The normalized spacial score (nSPS) is 31.6. The minimum absolute atomic E-state index is 0.269. The maximum absolute atomic E-state index is 9.60. The van der Waals surface area contributed by atoms with Crippen molar-refractivity contribution >= 4 is 5.76 Å². The standard InChI is InChI=1S/C17H23NO2/c1-12-8-16(2,3)11-17(9-12)18-10-15(20-17)13-5-4-6-14(19)7-13/h4-7,10,12,18-19H,8-9,11H2,1-3H3. The Hall–Kier alpha value is -1.64. The third kappa shape index (κ3) is 2.49. The summed E-state index contributed by atoms with van der Waals surface area (Å²) in [7, 11) is 0. The topological polar surface area (TPSA) is 41.5 Å². The Labute approximate surface area is 120 Å². The van der Waals surface area contributed by atoms with Crippen LogP contribution in [0.3, 0.4) is 0 Å². The minimum Gasteiger partial charge on any atom is -0.508 e. The van der Waals surface area contributed by atoms with Gasteiger partial charge in [0, 0.05) is 24.6 Å². The van der Waals surface area contributed by atoms with Crippen LogP contribution < -0.4 is 5.32 Å². The first-order valence-corrected chi connectivity index (χ1v) is 7.34. The van der Waals surface area contributed by atoms with Crippen LogP contribution in [0.15, 0.2) is 30.5 Å². The molecular weight excluding hydrogens is 250 g/mol.